The lowest BCUT2D eigenvalue weighted by Gasteiger charge is -2.22. The van der Waals surface area contributed by atoms with Crippen molar-refractivity contribution < 1.29 is 9.47 Å². The maximum Gasteiger partial charge on any atom is 0.191 e. The number of aryl methyl sites for hydroxylation is 1. The number of hydrogen-bond donors (Lipinski definition) is 2. The highest BCUT2D eigenvalue weighted by molar-refractivity contribution is 7.09. The molecule has 0 amide bonds. The Morgan fingerprint density at radius 1 is 1.42 bits per heavy atom. The summed E-state index contributed by atoms with van der Waals surface area (Å²) in [7, 11) is 0. The van der Waals surface area contributed by atoms with Crippen molar-refractivity contribution in [3.05, 3.63) is 16.1 Å². The number of thiazole rings is 1. The van der Waals surface area contributed by atoms with Crippen LogP contribution in [0.25, 0.3) is 0 Å². The molecule has 2 N–H and O–H groups in total. The smallest absolute Gasteiger partial charge is 0.191 e. The number of ether oxygens (including phenoxy) is 2. The predicted molar refractivity (Wildman–Crippen MR) is 98.9 cm³/mol. The quantitative estimate of drug-likeness (QED) is 0.404. The van der Waals surface area contributed by atoms with Gasteiger partial charge in [0, 0.05) is 51.3 Å². The topological polar surface area (TPSA) is 67.8 Å². The van der Waals surface area contributed by atoms with Crippen LogP contribution in [-0.2, 0) is 15.9 Å². The number of aromatic nitrogens is 1. The summed E-state index contributed by atoms with van der Waals surface area (Å²) in [5.41, 5.74) is 1.14. The van der Waals surface area contributed by atoms with Gasteiger partial charge in [0.2, 0.25) is 0 Å². The van der Waals surface area contributed by atoms with Gasteiger partial charge in [0.1, 0.15) is 0 Å². The molecule has 0 aliphatic carbocycles. The Morgan fingerprint density at radius 2 is 2.25 bits per heavy atom. The highest BCUT2D eigenvalue weighted by atomic mass is 32.1. The lowest BCUT2D eigenvalue weighted by atomic mass is 10.1. The first kappa shape index (κ1) is 19.1. The molecule has 1 saturated heterocycles. The van der Waals surface area contributed by atoms with E-state index < -0.39 is 0 Å². The summed E-state index contributed by atoms with van der Waals surface area (Å²) in [6.45, 7) is 9.02. The summed E-state index contributed by atoms with van der Waals surface area (Å²) < 4.78 is 11.2. The molecular formula is C17H30N4O2S. The molecule has 0 atom stereocenters. The minimum absolute atomic E-state index is 0.371. The van der Waals surface area contributed by atoms with Crippen molar-refractivity contribution in [3.8, 4) is 0 Å². The first-order valence-corrected chi connectivity index (χ1v) is 9.78. The minimum atomic E-state index is 0.371. The highest BCUT2D eigenvalue weighted by Crippen LogP contribution is 2.10. The second-order valence-corrected chi connectivity index (χ2v) is 6.89. The molecule has 0 spiro atoms. The van der Waals surface area contributed by atoms with Crippen LogP contribution in [0.1, 0.15) is 36.9 Å². The minimum Gasteiger partial charge on any atom is -0.381 e. The van der Waals surface area contributed by atoms with Crippen molar-refractivity contribution in [2.24, 2.45) is 4.99 Å². The van der Waals surface area contributed by atoms with Crippen LogP contribution in [0.3, 0.4) is 0 Å². The normalized spacial score (nSPS) is 16.3. The molecule has 24 heavy (non-hydrogen) atoms. The molecular weight excluding hydrogens is 324 g/mol. The molecule has 1 aliphatic rings. The van der Waals surface area contributed by atoms with Gasteiger partial charge in [-0.25, -0.2) is 4.98 Å². The van der Waals surface area contributed by atoms with Crippen molar-refractivity contribution in [2.45, 2.75) is 45.6 Å². The fourth-order valence-electron chi connectivity index (χ4n) is 2.52. The van der Waals surface area contributed by atoms with Gasteiger partial charge < -0.3 is 20.1 Å². The van der Waals surface area contributed by atoms with Crippen molar-refractivity contribution in [1.29, 1.82) is 0 Å². The van der Waals surface area contributed by atoms with Crippen LogP contribution in [0.5, 0.6) is 0 Å². The number of aliphatic imine (C=N–C) groups is 1. The molecule has 0 radical (unpaired) electrons. The number of guanidine groups is 1. The molecule has 1 aromatic heterocycles. The summed E-state index contributed by atoms with van der Waals surface area (Å²) in [6, 6.07) is 0. The monoisotopic (exact) mass is 354 g/mol. The van der Waals surface area contributed by atoms with Crippen molar-refractivity contribution in [1.82, 2.24) is 15.6 Å². The Bertz CT molecular complexity index is 487. The van der Waals surface area contributed by atoms with Gasteiger partial charge in [-0.05, 0) is 33.1 Å². The van der Waals surface area contributed by atoms with E-state index in [-0.39, 0.29) is 0 Å². The lowest BCUT2D eigenvalue weighted by Crippen LogP contribution is -2.38. The van der Waals surface area contributed by atoms with E-state index in [2.05, 4.69) is 32.9 Å². The summed E-state index contributed by atoms with van der Waals surface area (Å²) in [6.07, 6.45) is 4.27. The molecule has 7 heteroatoms. The van der Waals surface area contributed by atoms with Crippen molar-refractivity contribution in [3.63, 3.8) is 0 Å². The molecule has 0 bridgehead atoms. The van der Waals surface area contributed by atoms with Gasteiger partial charge in [-0.2, -0.15) is 0 Å². The maximum absolute atomic E-state index is 5.87. The summed E-state index contributed by atoms with van der Waals surface area (Å²) in [5.74, 6) is 0.871. The van der Waals surface area contributed by atoms with Gasteiger partial charge in [-0.3, -0.25) is 4.99 Å². The molecule has 0 unspecified atom stereocenters. The molecule has 136 valence electrons. The summed E-state index contributed by atoms with van der Waals surface area (Å²) in [5, 5.41) is 9.88. The maximum atomic E-state index is 5.87. The van der Waals surface area contributed by atoms with Crippen LogP contribution in [-0.4, -0.2) is 56.5 Å². The van der Waals surface area contributed by atoms with Gasteiger partial charge in [-0.15, -0.1) is 11.3 Å². The van der Waals surface area contributed by atoms with Crippen LogP contribution in [0.2, 0.25) is 0 Å². The third-order valence-electron chi connectivity index (χ3n) is 3.78. The lowest BCUT2D eigenvalue weighted by molar-refractivity contribution is -0.0318. The Kier molecular flexibility index (Phi) is 9.09. The number of nitrogens with zero attached hydrogens (tertiary/aromatic N) is 2. The first-order chi connectivity index (χ1) is 11.8. The summed E-state index contributed by atoms with van der Waals surface area (Å²) in [4.78, 5) is 9.08. The zero-order valence-corrected chi connectivity index (χ0v) is 15.7. The van der Waals surface area contributed by atoms with Crippen LogP contribution in [0.4, 0.5) is 0 Å². The van der Waals surface area contributed by atoms with E-state index in [0.717, 1.165) is 81.8 Å². The van der Waals surface area contributed by atoms with Gasteiger partial charge in [0.25, 0.3) is 0 Å². The summed E-state index contributed by atoms with van der Waals surface area (Å²) >= 11 is 1.70. The van der Waals surface area contributed by atoms with Crippen LogP contribution in [0.15, 0.2) is 10.4 Å². The zero-order chi connectivity index (χ0) is 17.0. The number of hydrogen-bond acceptors (Lipinski definition) is 5. The molecule has 0 aromatic carbocycles. The van der Waals surface area contributed by atoms with Gasteiger partial charge in [0.05, 0.1) is 16.8 Å². The van der Waals surface area contributed by atoms with Gasteiger partial charge in [0.15, 0.2) is 5.96 Å². The largest absolute Gasteiger partial charge is 0.381 e. The van der Waals surface area contributed by atoms with E-state index in [4.69, 9.17) is 9.47 Å². The first-order valence-electron chi connectivity index (χ1n) is 8.90. The van der Waals surface area contributed by atoms with Crippen LogP contribution >= 0.6 is 11.3 Å². The standard InChI is InChI=1S/C17H30N4O2S/c1-3-18-17(20-9-5-15-13-24-14(2)21-15)19-8-4-10-23-16-6-11-22-12-7-16/h13,16H,3-12H2,1-2H3,(H2,18,19,20). The van der Waals surface area contributed by atoms with E-state index in [1.165, 1.54) is 0 Å². The van der Waals surface area contributed by atoms with Crippen molar-refractivity contribution in [2.75, 3.05) is 39.5 Å². The Labute approximate surface area is 149 Å². The molecule has 6 nitrogen and oxygen atoms in total. The third-order valence-corrected chi connectivity index (χ3v) is 4.60. The molecule has 0 saturated carbocycles. The molecule has 2 heterocycles. The average Bonchev–Trinajstić information content (AvgIpc) is 3.01. The van der Waals surface area contributed by atoms with E-state index in [0.29, 0.717) is 6.10 Å². The number of rotatable bonds is 9. The molecule has 1 fully saturated rings. The van der Waals surface area contributed by atoms with Crippen molar-refractivity contribution >= 4 is 17.3 Å². The second-order valence-electron chi connectivity index (χ2n) is 5.83. The fourth-order valence-corrected chi connectivity index (χ4v) is 3.17. The second kappa shape index (κ2) is 11.4. The van der Waals surface area contributed by atoms with Crippen LogP contribution < -0.4 is 10.6 Å². The SMILES string of the molecule is CCNC(=NCCCOC1CCOCC1)NCCc1csc(C)n1. The Morgan fingerprint density at radius 3 is 2.96 bits per heavy atom. The number of nitrogens with one attached hydrogen (secondary N) is 2. The Balaban J connectivity index is 1.60. The molecule has 1 aliphatic heterocycles. The van der Waals surface area contributed by atoms with Gasteiger partial charge in [-0.1, -0.05) is 0 Å². The Hall–Kier alpha value is -1.18. The highest BCUT2D eigenvalue weighted by Gasteiger charge is 2.13. The van der Waals surface area contributed by atoms with E-state index in [1.54, 1.807) is 11.3 Å². The zero-order valence-electron chi connectivity index (χ0n) is 14.8. The average molecular weight is 355 g/mol. The van der Waals surface area contributed by atoms with E-state index >= 15 is 0 Å². The van der Waals surface area contributed by atoms with Gasteiger partial charge >= 0.3 is 0 Å². The molecule has 1 aromatic rings. The van der Waals surface area contributed by atoms with E-state index in [1.807, 2.05) is 6.92 Å². The van der Waals surface area contributed by atoms with Crippen LogP contribution in [0, 0.1) is 6.92 Å². The fraction of sp³-hybridized carbons (Fsp3) is 0.765. The predicted octanol–water partition coefficient (Wildman–Crippen LogP) is 2.13. The van der Waals surface area contributed by atoms with E-state index in [9.17, 15) is 0 Å². The third kappa shape index (κ3) is 7.59. The molecule has 2 rings (SSSR count).